The van der Waals surface area contributed by atoms with Crippen molar-refractivity contribution < 1.29 is 9.53 Å². The molecule has 2 rings (SSSR count). The van der Waals surface area contributed by atoms with E-state index in [1.54, 1.807) is 0 Å². The number of fused-ring (bicyclic) bond motifs is 1. The molecule has 110 valence electrons. The van der Waals surface area contributed by atoms with Gasteiger partial charge in [-0.15, -0.1) is 0 Å². The van der Waals surface area contributed by atoms with Gasteiger partial charge in [0.05, 0.1) is 6.61 Å². The van der Waals surface area contributed by atoms with E-state index in [-0.39, 0.29) is 17.2 Å². The normalized spacial score (nSPS) is 15.7. The molecule has 0 fully saturated rings. The molecule has 1 aromatic rings. The lowest BCUT2D eigenvalue weighted by atomic mass is 9.84. The Bertz CT molecular complexity index is 520. The Morgan fingerprint density at radius 2 is 2.15 bits per heavy atom. The summed E-state index contributed by atoms with van der Waals surface area (Å²) in [6, 6.07) is 3.61. The number of ether oxygens (including phenoxy) is 1. The lowest BCUT2D eigenvalue weighted by molar-refractivity contribution is -0.119. The summed E-state index contributed by atoms with van der Waals surface area (Å²) in [6.07, 6.45) is 1.58. The van der Waals surface area contributed by atoms with E-state index >= 15 is 0 Å². The highest BCUT2D eigenvalue weighted by Crippen LogP contribution is 2.33. The van der Waals surface area contributed by atoms with Gasteiger partial charge in [0.2, 0.25) is 0 Å². The maximum atomic E-state index is 12.2. The summed E-state index contributed by atoms with van der Waals surface area (Å²) < 4.78 is 5.62. The van der Waals surface area contributed by atoms with E-state index in [9.17, 15) is 4.79 Å². The molecule has 0 saturated carbocycles. The van der Waals surface area contributed by atoms with Crippen molar-refractivity contribution in [2.75, 3.05) is 6.61 Å². The molecule has 0 radical (unpaired) electrons. The second-order valence-corrected chi connectivity index (χ2v) is 6.98. The Morgan fingerprint density at radius 1 is 1.45 bits per heavy atom. The minimum atomic E-state index is -0.136. The van der Waals surface area contributed by atoms with Gasteiger partial charge in [-0.05, 0) is 23.1 Å². The van der Waals surface area contributed by atoms with E-state index in [1.807, 2.05) is 32.9 Å². The Morgan fingerprint density at radius 3 is 2.80 bits per heavy atom. The van der Waals surface area contributed by atoms with Gasteiger partial charge in [0.1, 0.15) is 11.5 Å². The van der Waals surface area contributed by atoms with Crippen LogP contribution in [-0.2, 0) is 17.6 Å². The van der Waals surface area contributed by atoms with Crippen LogP contribution in [0.1, 0.15) is 38.3 Å². The van der Waals surface area contributed by atoms with Crippen molar-refractivity contribution in [3.8, 4) is 5.75 Å². The predicted octanol–water partition coefficient (Wildman–Crippen LogP) is 3.15. The van der Waals surface area contributed by atoms with Crippen LogP contribution >= 0.6 is 11.6 Å². The summed E-state index contributed by atoms with van der Waals surface area (Å²) in [5.41, 5.74) is 7.99. The average molecular weight is 296 g/mol. The third kappa shape index (κ3) is 3.53. The quantitative estimate of drug-likeness (QED) is 0.928. The molecule has 0 aromatic heterocycles. The van der Waals surface area contributed by atoms with Crippen molar-refractivity contribution in [3.63, 3.8) is 0 Å². The highest BCUT2D eigenvalue weighted by molar-refractivity contribution is 6.30. The first-order chi connectivity index (χ1) is 9.27. The van der Waals surface area contributed by atoms with Crippen LogP contribution in [0.2, 0.25) is 5.02 Å². The first-order valence-corrected chi connectivity index (χ1v) is 7.36. The van der Waals surface area contributed by atoms with Crippen molar-refractivity contribution in [3.05, 3.63) is 28.3 Å². The minimum absolute atomic E-state index is 0.0670. The predicted molar refractivity (Wildman–Crippen MR) is 81.4 cm³/mol. The molecule has 20 heavy (non-hydrogen) atoms. The van der Waals surface area contributed by atoms with Crippen LogP contribution in [0.4, 0.5) is 0 Å². The summed E-state index contributed by atoms with van der Waals surface area (Å²) in [4.78, 5) is 12.2. The summed E-state index contributed by atoms with van der Waals surface area (Å²) in [5, 5.41) is 0.664. The third-order valence-corrected chi connectivity index (χ3v) is 3.99. The van der Waals surface area contributed by atoms with E-state index in [1.165, 1.54) is 0 Å². The monoisotopic (exact) mass is 295 g/mol. The molecule has 1 heterocycles. The van der Waals surface area contributed by atoms with Crippen molar-refractivity contribution in [2.24, 2.45) is 11.1 Å². The highest BCUT2D eigenvalue weighted by Gasteiger charge is 2.25. The van der Waals surface area contributed by atoms with E-state index in [0.717, 1.165) is 23.3 Å². The summed E-state index contributed by atoms with van der Waals surface area (Å²) in [6.45, 7) is 6.81. The minimum Gasteiger partial charge on any atom is -0.493 e. The fourth-order valence-corrected chi connectivity index (χ4v) is 2.58. The van der Waals surface area contributed by atoms with Gasteiger partial charge < -0.3 is 10.5 Å². The number of hydrogen-bond donors (Lipinski definition) is 1. The van der Waals surface area contributed by atoms with Crippen LogP contribution in [0.5, 0.6) is 5.75 Å². The van der Waals surface area contributed by atoms with Gasteiger partial charge in [-0.1, -0.05) is 32.4 Å². The third-order valence-electron chi connectivity index (χ3n) is 3.77. The lowest BCUT2D eigenvalue weighted by Crippen LogP contribution is -2.37. The zero-order valence-electron chi connectivity index (χ0n) is 12.3. The molecule has 4 heteroatoms. The molecule has 1 unspecified atom stereocenters. The maximum absolute atomic E-state index is 12.2. The number of rotatable bonds is 4. The Kier molecular flexibility index (Phi) is 4.40. The standard InChI is InChI=1S/C16H22ClNO2/c1-16(2,3)14(18)9-13(19)8-11-7-12(17)6-10-4-5-20-15(10)11/h6-7,14H,4-5,8-9,18H2,1-3H3. The van der Waals surface area contributed by atoms with E-state index in [2.05, 4.69) is 0 Å². The molecule has 2 N–H and O–H groups in total. The second-order valence-electron chi connectivity index (χ2n) is 6.54. The van der Waals surface area contributed by atoms with E-state index in [0.29, 0.717) is 24.5 Å². The first-order valence-electron chi connectivity index (χ1n) is 6.99. The second kappa shape index (κ2) is 5.74. The lowest BCUT2D eigenvalue weighted by Gasteiger charge is -2.26. The van der Waals surface area contributed by atoms with Gasteiger partial charge in [-0.2, -0.15) is 0 Å². The molecule has 0 saturated heterocycles. The molecular formula is C16H22ClNO2. The largest absolute Gasteiger partial charge is 0.493 e. The molecule has 1 aliphatic heterocycles. The first kappa shape index (κ1) is 15.3. The molecule has 0 bridgehead atoms. The van der Waals surface area contributed by atoms with Gasteiger partial charge in [0.25, 0.3) is 0 Å². The summed E-state index contributed by atoms with van der Waals surface area (Å²) in [5.74, 6) is 0.972. The molecule has 1 atom stereocenters. The van der Waals surface area contributed by atoms with Gasteiger partial charge in [0, 0.05) is 35.9 Å². The van der Waals surface area contributed by atoms with Gasteiger partial charge >= 0.3 is 0 Å². The van der Waals surface area contributed by atoms with Crippen LogP contribution < -0.4 is 10.5 Å². The Labute approximate surface area is 125 Å². The summed E-state index contributed by atoms with van der Waals surface area (Å²) >= 11 is 6.10. The number of nitrogens with two attached hydrogens (primary N) is 1. The van der Waals surface area contributed by atoms with Crippen LogP contribution in [-0.4, -0.2) is 18.4 Å². The number of carbonyl (C=O) groups is 1. The SMILES string of the molecule is CC(C)(C)C(N)CC(=O)Cc1cc(Cl)cc2c1OCC2. The fourth-order valence-electron chi connectivity index (χ4n) is 2.31. The molecular weight excluding hydrogens is 274 g/mol. The highest BCUT2D eigenvalue weighted by atomic mass is 35.5. The molecule has 3 nitrogen and oxygen atoms in total. The molecule has 1 aliphatic rings. The van der Waals surface area contributed by atoms with Crippen LogP contribution in [0.3, 0.4) is 0 Å². The van der Waals surface area contributed by atoms with Gasteiger partial charge in [-0.25, -0.2) is 0 Å². The number of halogens is 1. The number of Topliss-reactive ketones (excluding diaryl/α,β-unsaturated/α-hetero) is 1. The number of ketones is 1. The van der Waals surface area contributed by atoms with Crippen LogP contribution in [0.25, 0.3) is 0 Å². The topological polar surface area (TPSA) is 52.3 Å². The number of carbonyl (C=O) groups excluding carboxylic acids is 1. The Balaban J connectivity index is 2.09. The van der Waals surface area contributed by atoms with Crippen molar-refractivity contribution in [1.29, 1.82) is 0 Å². The van der Waals surface area contributed by atoms with Crippen molar-refractivity contribution >= 4 is 17.4 Å². The van der Waals surface area contributed by atoms with Crippen molar-refractivity contribution in [1.82, 2.24) is 0 Å². The molecule has 1 aromatic carbocycles. The van der Waals surface area contributed by atoms with E-state index < -0.39 is 0 Å². The molecule has 0 amide bonds. The molecule has 0 aliphatic carbocycles. The summed E-state index contributed by atoms with van der Waals surface area (Å²) in [7, 11) is 0. The number of benzene rings is 1. The van der Waals surface area contributed by atoms with E-state index in [4.69, 9.17) is 22.1 Å². The van der Waals surface area contributed by atoms with Crippen LogP contribution in [0.15, 0.2) is 12.1 Å². The van der Waals surface area contributed by atoms with Gasteiger partial charge in [-0.3, -0.25) is 4.79 Å². The van der Waals surface area contributed by atoms with Gasteiger partial charge in [0.15, 0.2) is 0 Å². The molecule has 0 spiro atoms. The zero-order valence-corrected chi connectivity index (χ0v) is 13.1. The fraction of sp³-hybridized carbons (Fsp3) is 0.562. The maximum Gasteiger partial charge on any atom is 0.138 e. The zero-order chi connectivity index (χ0) is 14.9. The van der Waals surface area contributed by atoms with Crippen LogP contribution in [0, 0.1) is 5.41 Å². The average Bonchev–Trinajstić information content (AvgIpc) is 2.75. The smallest absolute Gasteiger partial charge is 0.138 e. The number of hydrogen-bond acceptors (Lipinski definition) is 3. The Hall–Kier alpha value is -1.06. The van der Waals surface area contributed by atoms with Crippen molar-refractivity contribution in [2.45, 2.75) is 46.1 Å².